The van der Waals surface area contributed by atoms with Crippen LogP contribution in [0, 0.1) is 0 Å². The van der Waals surface area contributed by atoms with Crippen molar-refractivity contribution < 1.29 is 22.6 Å². The second kappa shape index (κ2) is 8.56. The minimum absolute atomic E-state index is 0.102. The summed E-state index contributed by atoms with van der Waals surface area (Å²) < 4.78 is 48.9. The van der Waals surface area contributed by atoms with Gasteiger partial charge >= 0.3 is 6.18 Å². The monoisotopic (exact) mass is 365 g/mol. The maximum absolute atomic E-state index is 12.8. The van der Waals surface area contributed by atoms with E-state index in [-0.39, 0.29) is 13.2 Å². The molecule has 1 aliphatic heterocycles. The molecule has 0 radical (unpaired) electrons. The first-order valence-corrected chi connectivity index (χ1v) is 8.67. The second-order valence-electron chi connectivity index (χ2n) is 6.36. The van der Waals surface area contributed by atoms with Crippen molar-refractivity contribution in [2.75, 3.05) is 26.3 Å². The Morgan fingerprint density at radius 2 is 1.73 bits per heavy atom. The van der Waals surface area contributed by atoms with Crippen molar-refractivity contribution in [3.63, 3.8) is 0 Å². The van der Waals surface area contributed by atoms with Crippen molar-refractivity contribution in [3.8, 4) is 5.75 Å². The minimum Gasteiger partial charge on any atom is -0.493 e. The van der Waals surface area contributed by atoms with Gasteiger partial charge in [0.1, 0.15) is 5.75 Å². The van der Waals surface area contributed by atoms with Gasteiger partial charge in [-0.2, -0.15) is 13.2 Å². The zero-order valence-corrected chi connectivity index (χ0v) is 14.4. The molecule has 0 aliphatic carbocycles. The minimum atomic E-state index is -4.31. The molecular weight excluding hydrogens is 343 g/mol. The van der Waals surface area contributed by atoms with E-state index in [1.54, 1.807) is 4.90 Å². The van der Waals surface area contributed by atoms with Gasteiger partial charge in [-0.25, -0.2) is 0 Å². The molecule has 0 saturated carbocycles. The Labute approximate surface area is 151 Å². The molecule has 0 aromatic heterocycles. The lowest BCUT2D eigenvalue weighted by molar-refractivity contribution is -0.237. The Kier molecular flexibility index (Phi) is 6.16. The summed E-state index contributed by atoms with van der Waals surface area (Å²) in [4.78, 5) is 1.77. The summed E-state index contributed by atoms with van der Waals surface area (Å²) in [6, 6.07) is 17.6. The molecule has 3 nitrogen and oxygen atoms in total. The number of hydrogen-bond donors (Lipinski definition) is 0. The largest absolute Gasteiger partial charge is 0.493 e. The molecule has 26 heavy (non-hydrogen) atoms. The Hall–Kier alpha value is -2.05. The van der Waals surface area contributed by atoms with Crippen molar-refractivity contribution in [1.29, 1.82) is 0 Å². The highest BCUT2D eigenvalue weighted by Crippen LogP contribution is 2.26. The molecular formula is C20H22F3NO2. The number of halogens is 3. The van der Waals surface area contributed by atoms with Crippen LogP contribution < -0.4 is 4.74 Å². The van der Waals surface area contributed by atoms with E-state index < -0.39 is 12.3 Å². The smallest absolute Gasteiger partial charge is 0.415 e. The molecule has 0 spiro atoms. The second-order valence-corrected chi connectivity index (χ2v) is 6.36. The van der Waals surface area contributed by atoms with Gasteiger partial charge in [-0.3, -0.25) is 4.90 Å². The van der Waals surface area contributed by atoms with E-state index in [4.69, 9.17) is 9.47 Å². The Balaban J connectivity index is 1.47. The summed E-state index contributed by atoms with van der Waals surface area (Å²) in [5, 5.41) is 0. The van der Waals surface area contributed by atoms with Gasteiger partial charge in [0, 0.05) is 26.1 Å². The summed E-state index contributed by atoms with van der Waals surface area (Å²) in [5.74, 6) is 0.764. The van der Waals surface area contributed by atoms with Crippen LogP contribution in [-0.2, 0) is 17.7 Å². The first-order chi connectivity index (χ1) is 12.5. The van der Waals surface area contributed by atoms with Gasteiger partial charge in [0.25, 0.3) is 0 Å². The number of rotatable bonds is 6. The van der Waals surface area contributed by atoms with Crippen LogP contribution in [0.1, 0.15) is 11.1 Å². The molecule has 1 unspecified atom stereocenters. The predicted octanol–water partition coefficient (Wildman–Crippen LogP) is 4.07. The molecule has 2 aromatic rings. The Morgan fingerprint density at radius 3 is 2.42 bits per heavy atom. The van der Waals surface area contributed by atoms with Crippen LogP contribution in [0.15, 0.2) is 54.6 Å². The molecule has 0 bridgehead atoms. The Morgan fingerprint density at radius 1 is 1.00 bits per heavy atom. The fourth-order valence-corrected chi connectivity index (χ4v) is 2.92. The van der Waals surface area contributed by atoms with Crippen molar-refractivity contribution in [2.45, 2.75) is 25.2 Å². The Bertz CT molecular complexity index is 674. The third-order valence-electron chi connectivity index (χ3n) is 4.35. The van der Waals surface area contributed by atoms with Crippen molar-refractivity contribution in [3.05, 3.63) is 65.7 Å². The van der Waals surface area contributed by atoms with Gasteiger partial charge < -0.3 is 9.47 Å². The van der Waals surface area contributed by atoms with Crippen molar-refractivity contribution in [1.82, 2.24) is 4.90 Å². The van der Waals surface area contributed by atoms with E-state index in [2.05, 4.69) is 12.1 Å². The number of ether oxygens (including phenoxy) is 2. The molecule has 6 heteroatoms. The number of nitrogens with zero attached hydrogens (tertiary/aromatic N) is 1. The number of morpholine rings is 1. The highest BCUT2D eigenvalue weighted by atomic mass is 19.4. The van der Waals surface area contributed by atoms with E-state index in [1.165, 1.54) is 5.56 Å². The maximum atomic E-state index is 12.8. The van der Waals surface area contributed by atoms with Gasteiger partial charge in [0.05, 0.1) is 13.2 Å². The summed E-state index contributed by atoms with van der Waals surface area (Å²) in [5.41, 5.74) is 2.18. The first kappa shape index (κ1) is 18.7. The van der Waals surface area contributed by atoms with Crippen LogP contribution in [0.2, 0.25) is 0 Å². The van der Waals surface area contributed by atoms with Gasteiger partial charge in [-0.15, -0.1) is 0 Å². The summed E-state index contributed by atoms with van der Waals surface area (Å²) in [6.45, 7) is 1.53. The van der Waals surface area contributed by atoms with Crippen LogP contribution in [0.5, 0.6) is 5.75 Å². The molecule has 0 N–H and O–H groups in total. The quantitative estimate of drug-likeness (QED) is 0.770. The van der Waals surface area contributed by atoms with Crippen molar-refractivity contribution in [2.24, 2.45) is 0 Å². The number of benzene rings is 2. The van der Waals surface area contributed by atoms with Crippen LogP contribution in [0.3, 0.4) is 0 Å². The predicted molar refractivity (Wildman–Crippen MR) is 93.2 cm³/mol. The summed E-state index contributed by atoms with van der Waals surface area (Å²) in [7, 11) is 0. The highest BCUT2D eigenvalue weighted by molar-refractivity contribution is 5.27. The standard InChI is InChI=1S/C20H22F3NO2/c21-20(22,23)19-15-24(11-13-26-19)14-17-6-8-18(9-7-17)25-12-10-16-4-2-1-3-5-16/h1-9,19H,10-15H2. The normalized spacial score (nSPS) is 18.7. The van der Waals surface area contributed by atoms with Crippen LogP contribution >= 0.6 is 0 Å². The molecule has 140 valence electrons. The van der Waals surface area contributed by atoms with Gasteiger partial charge in [0.15, 0.2) is 6.10 Å². The third kappa shape index (κ3) is 5.47. The third-order valence-corrected chi connectivity index (χ3v) is 4.35. The molecule has 1 saturated heterocycles. The van der Waals surface area contributed by atoms with Gasteiger partial charge in [-0.1, -0.05) is 42.5 Å². The van der Waals surface area contributed by atoms with E-state index >= 15 is 0 Å². The van der Waals surface area contributed by atoms with E-state index in [1.807, 2.05) is 42.5 Å². The SMILES string of the molecule is FC(F)(F)C1CN(Cc2ccc(OCCc3ccccc3)cc2)CCO1. The fourth-order valence-electron chi connectivity index (χ4n) is 2.92. The fraction of sp³-hybridized carbons (Fsp3) is 0.400. The lowest BCUT2D eigenvalue weighted by atomic mass is 10.1. The van der Waals surface area contributed by atoms with Crippen LogP contribution in [0.25, 0.3) is 0 Å². The topological polar surface area (TPSA) is 21.7 Å². The van der Waals surface area contributed by atoms with Gasteiger partial charge in [0.2, 0.25) is 0 Å². The molecule has 1 heterocycles. The molecule has 0 amide bonds. The summed E-state index contributed by atoms with van der Waals surface area (Å²) in [6.07, 6.45) is -5.18. The lowest BCUT2D eigenvalue weighted by Gasteiger charge is -2.33. The van der Waals surface area contributed by atoms with Gasteiger partial charge in [-0.05, 0) is 23.3 Å². The average molecular weight is 365 g/mol. The first-order valence-electron chi connectivity index (χ1n) is 8.67. The van der Waals surface area contributed by atoms with Crippen LogP contribution in [0.4, 0.5) is 13.2 Å². The zero-order chi connectivity index (χ0) is 18.4. The molecule has 1 fully saturated rings. The van der Waals surface area contributed by atoms with E-state index in [0.717, 1.165) is 17.7 Å². The maximum Gasteiger partial charge on any atom is 0.415 e. The summed E-state index contributed by atoms with van der Waals surface area (Å²) >= 11 is 0. The zero-order valence-electron chi connectivity index (χ0n) is 14.4. The molecule has 3 rings (SSSR count). The van der Waals surface area contributed by atoms with E-state index in [9.17, 15) is 13.2 Å². The van der Waals surface area contributed by atoms with E-state index in [0.29, 0.717) is 19.7 Å². The molecule has 1 atom stereocenters. The average Bonchev–Trinajstić information content (AvgIpc) is 2.64. The van der Waals surface area contributed by atoms with Crippen LogP contribution in [-0.4, -0.2) is 43.5 Å². The van der Waals surface area contributed by atoms with Crippen molar-refractivity contribution >= 4 is 0 Å². The molecule has 2 aromatic carbocycles. The highest BCUT2D eigenvalue weighted by Gasteiger charge is 2.43. The number of alkyl halides is 3. The molecule has 1 aliphatic rings. The number of hydrogen-bond acceptors (Lipinski definition) is 3. The lowest BCUT2D eigenvalue weighted by Crippen LogP contribution is -2.48.